The molecule has 3 rings (SSSR count). The summed E-state index contributed by atoms with van der Waals surface area (Å²) >= 11 is 0. The lowest BCUT2D eigenvalue weighted by Gasteiger charge is -2.29. The molecule has 1 aliphatic rings. The van der Waals surface area contributed by atoms with Crippen molar-refractivity contribution in [3.63, 3.8) is 0 Å². The molecule has 0 aromatic heterocycles. The van der Waals surface area contributed by atoms with Gasteiger partial charge in [0.15, 0.2) is 5.78 Å². The topological polar surface area (TPSA) is 20.3 Å². The maximum atomic E-state index is 11.8. The standard InChI is InChI=1S/C19H19NO/c21-19-13-7-12-18(14-19)20(17-10-5-2-6-11-17)15-16-8-3-1-4-9-16/h1-6,8-11,14H,7,12-13,15H2. The van der Waals surface area contributed by atoms with Gasteiger partial charge in [-0.3, -0.25) is 4.79 Å². The Kier molecular flexibility index (Phi) is 4.15. The summed E-state index contributed by atoms with van der Waals surface area (Å²) in [6.07, 6.45) is 4.41. The number of allylic oxidation sites excluding steroid dienone is 2. The number of benzene rings is 2. The first kappa shape index (κ1) is 13.6. The fraction of sp³-hybridized carbons (Fsp3) is 0.211. The van der Waals surface area contributed by atoms with Crippen LogP contribution in [0.4, 0.5) is 5.69 Å². The van der Waals surface area contributed by atoms with E-state index in [1.54, 1.807) is 0 Å². The van der Waals surface area contributed by atoms with Gasteiger partial charge in [0.05, 0.1) is 0 Å². The predicted molar refractivity (Wildman–Crippen MR) is 86.0 cm³/mol. The van der Waals surface area contributed by atoms with Crippen LogP contribution < -0.4 is 4.90 Å². The van der Waals surface area contributed by atoms with E-state index in [4.69, 9.17) is 0 Å². The molecule has 1 aliphatic carbocycles. The molecule has 106 valence electrons. The molecule has 21 heavy (non-hydrogen) atoms. The maximum absolute atomic E-state index is 11.8. The summed E-state index contributed by atoms with van der Waals surface area (Å²) in [5, 5.41) is 0. The molecule has 0 saturated carbocycles. The van der Waals surface area contributed by atoms with E-state index in [9.17, 15) is 4.79 Å². The molecule has 0 heterocycles. The Balaban J connectivity index is 1.93. The Labute approximate surface area is 125 Å². The summed E-state index contributed by atoms with van der Waals surface area (Å²) in [5.74, 6) is 0.241. The van der Waals surface area contributed by atoms with Crippen LogP contribution in [0.3, 0.4) is 0 Å². The van der Waals surface area contributed by atoms with Crippen LogP contribution in [0, 0.1) is 0 Å². The van der Waals surface area contributed by atoms with E-state index in [0.717, 1.165) is 30.8 Å². The quantitative estimate of drug-likeness (QED) is 0.829. The maximum Gasteiger partial charge on any atom is 0.157 e. The van der Waals surface area contributed by atoms with E-state index in [1.807, 2.05) is 30.3 Å². The van der Waals surface area contributed by atoms with Gasteiger partial charge in [0.25, 0.3) is 0 Å². The third kappa shape index (κ3) is 3.40. The molecule has 2 nitrogen and oxygen atoms in total. The van der Waals surface area contributed by atoms with Crippen LogP contribution in [-0.4, -0.2) is 5.78 Å². The van der Waals surface area contributed by atoms with Gasteiger partial charge in [-0.2, -0.15) is 0 Å². The molecule has 0 saturated heterocycles. The van der Waals surface area contributed by atoms with Gasteiger partial charge in [-0.15, -0.1) is 0 Å². The van der Waals surface area contributed by atoms with Crippen LogP contribution in [0.25, 0.3) is 0 Å². The largest absolute Gasteiger partial charge is 0.341 e. The fourth-order valence-electron chi connectivity index (χ4n) is 2.72. The minimum absolute atomic E-state index is 0.241. The van der Waals surface area contributed by atoms with Gasteiger partial charge in [-0.25, -0.2) is 0 Å². The van der Waals surface area contributed by atoms with Crippen LogP contribution in [0.5, 0.6) is 0 Å². The first-order chi connectivity index (χ1) is 10.3. The SMILES string of the molecule is O=C1C=C(N(Cc2ccccc2)c2ccccc2)CCC1. The van der Waals surface area contributed by atoms with E-state index in [2.05, 4.69) is 41.3 Å². The first-order valence-electron chi connectivity index (χ1n) is 7.43. The molecule has 0 N–H and O–H groups in total. The van der Waals surface area contributed by atoms with E-state index >= 15 is 0 Å². The lowest BCUT2D eigenvalue weighted by molar-refractivity contribution is -0.115. The molecule has 2 heteroatoms. The predicted octanol–water partition coefficient (Wildman–Crippen LogP) is 4.33. The van der Waals surface area contributed by atoms with Crippen LogP contribution in [-0.2, 0) is 11.3 Å². The van der Waals surface area contributed by atoms with Gasteiger partial charge in [-0.05, 0) is 30.5 Å². The van der Waals surface area contributed by atoms with Crippen LogP contribution >= 0.6 is 0 Å². The van der Waals surface area contributed by atoms with E-state index in [-0.39, 0.29) is 5.78 Å². The van der Waals surface area contributed by atoms with Crippen LogP contribution in [0.2, 0.25) is 0 Å². The van der Waals surface area contributed by atoms with Crippen molar-refractivity contribution in [1.29, 1.82) is 0 Å². The summed E-state index contributed by atoms with van der Waals surface area (Å²) < 4.78 is 0. The smallest absolute Gasteiger partial charge is 0.157 e. The molecule has 0 fully saturated rings. The Hall–Kier alpha value is -2.35. The van der Waals surface area contributed by atoms with Crippen molar-refractivity contribution >= 4 is 11.5 Å². The molecule has 0 unspecified atom stereocenters. The number of carbonyl (C=O) groups excluding carboxylic acids is 1. The molecule has 0 amide bonds. The number of hydrogen-bond acceptors (Lipinski definition) is 2. The Bertz CT molecular complexity index is 631. The molecular weight excluding hydrogens is 258 g/mol. The van der Waals surface area contributed by atoms with Crippen molar-refractivity contribution in [1.82, 2.24) is 0 Å². The van der Waals surface area contributed by atoms with Crippen molar-refractivity contribution in [3.8, 4) is 0 Å². The zero-order valence-electron chi connectivity index (χ0n) is 12.0. The van der Waals surface area contributed by atoms with Crippen molar-refractivity contribution < 1.29 is 4.79 Å². The van der Waals surface area contributed by atoms with Crippen molar-refractivity contribution in [2.75, 3.05) is 4.90 Å². The second-order valence-electron chi connectivity index (χ2n) is 5.36. The minimum Gasteiger partial charge on any atom is -0.341 e. The summed E-state index contributed by atoms with van der Waals surface area (Å²) in [4.78, 5) is 14.0. The number of ketones is 1. The zero-order valence-corrected chi connectivity index (χ0v) is 12.0. The summed E-state index contributed by atoms with van der Waals surface area (Å²) in [5.41, 5.74) is 3.52. The Morgan fingerprint density at radius 2 is 1.52 bits per heavy atom. The Morgan fingerprint density at radius 1 is 0.857 bits per heavy atom. The summed E-state index contributed by atoms with van der Waals surface area (Å²) in [6.45, 7) is 0.796. The Morgan fingerprint density at radius 3 is 2.19 bits per heavy atom. The number of rotatable bonds is 4. The number of anilines is 1. The number of para-hydroxylation sites is 1. The molecule has 0 spiro atoms. The van der Waals surface area contributed by atoms with Gasteiger partial charge in [0.2, 0.25) is 0 Å². The number of nitrogens with zero attached hydrogens (tertiary/aromatic N) is 1. The molecule has 0 bridgehead atoms. The van der Waals surface area contributed by atoms with Gasteiger partial charge in [-0.1, -0.05) is 48.5 Å². The molecule has 2 aromatic rings. The summed E-state index contributed by atoms with van der Waals surface area (Å²) in [7, 11) is 0. The lowest BCUT2D eigenvalue weighted by Crippen LogP contribution is -2.24. The van der Waals surface area contributed by atoms with E-state index < -0.39 is 0 Å². The second kappa shape index (κ2) is 6.40. The lowest BCUT2D eigenvalue weighted by atomic mass is 10.0. The average Bonchev–Trinajstić information content (AvgIpc) is 2.54. The monoisotopic (exact) mass is 277 g/mol. The molecule has 0 atom stereocenters. The third-order valence-electron chi connectivity index (χ3n) is 3.78. The molecule has 0 aliphatic heterocycles. The summed E-state index contributed by atoms with van der Waals surface area (Å²) in [6, 6.07) is 20.7. The third-order valence-corrected chi connectivity index (χ3v) is 3.78. The van der Waals surface area contributed by atoms with E-state index in [0.29, 0.717) is 6.42 Å². The first-order valence-corrected chi connectivity index (χ1v) is 7.43. The zero-order chi connectivity index (χ0) is 14.5. The average molecular weight is 277 g/mol. The molecule has 0 radical (unpaired) electrons. The normalized spacial score (nSPS) is 14.7. The minimum atomic E-state index is 0.241. The fourth-order valence-corrected chi connectivity index (χ4v) is 2.72. The van der Waals surface area contributed by atoms with Crippen molar-refractivity contribution in [2.24, 2.45) is 0 Å². The van der Waals surface area contributed by atoms with Gasteiger partial charge in [0.1, 0.15) is 0 Å². The highest BCUT2D eigenvalue weighted by Crippen LogP contribution is 2.27. The highest BCUT2D eigenvalue weighted by Gasteiger charge is 2.17. The van der Waals surface area contributed by atoms with Crippen molar-refractivity contribution in [2.45, 2.75) is 25.8 Å². The highest BCUT2D eigenvalue weighted by atomic mass is 16.1. The van der Waals surface area contributed by atoms with Crippen molar-refractivity contribution in [3.05, 3.63) is 78.0 Å². The molecule has 2 aromatic carbocycles. The van der Waals surface area contributed by atoms with Gasteiger partial charge in [0, 0.05) is 30.4 Å². The van der Waals surface area contributed by atoms with Crippen LogP contribution in [0.1, 0.15) is 24.8 Å². The number of carbonyl (C=O) groups is 1. The van der Waals surface area contributed by atoms with Gasteiger partial charge >= 0.3 is 0 Å². The highest BCUT2D eigenvalue weighted by molar-refractivity contribution is 5.91. The second-order valence-corrected chi connectivity index (χ2v) is 5.36. The van der Waals surface area contributed by atoms with Gasteiger partial charge < -0.3 is 4.90 Å². The van der Waals surface area contributed by atoms with Crippen LogP contribution in [0.15, 0.2) is 72.4 Å². The number of hydrogen-bond donors (Lipinski definition) is 0. The molecular formula is C19H19NO. The van der Waals surface area contributed by atoms with E-state index in [1.165, 1.54) is 5.56 Å².